The standard InChI is InChI=1S/C13H15FN2O2/c1-7(2)13-9(10-6-12(15)18-16-10)4-8(14)5-11(13)17-3/h4-7H,15H2,1-3H3. The smallest absolute Gasteiger partial charge is 0.222 e. The lowest BCUT2D eigenvalue weighted by molar-refractivity contribution is 0.404. The van der Waals surface area contributed by atoms with E-state index < -0.39 is 0 Å². The van der Waals surface area contributed by atoms with Gasteiger partial charge in [0.05, 0.1) is 7.11 Å². The molecule has 0 aliphatic carbocycles. The van der Waals surface area contributed by atoms with Gasteiger partial charge in [0.1, 0.15) is 17.3 Å². The number of hydrogen-bond donors (Lipinski definition) is 1. The number of hydrogen-bond acceptors (Lipinski definition) is 4. The van der Waals surface area contributed by atoms with Gasteiger partial charge >= 0.3 is 0 Å². The number of aromatic nitrogens is 1. The monoisotopic (exact) mass is 250 g/mol. The summed E-state index contributed by atoms with van der Waals surface area (Å²) in [6.07, 6.45) is 0. The highest BCUT2D eigenvalue weighted by atomic mass is 19.1. The van der Waals surface area contributed by atoms with Gasteiger partial charge < -0.3 is 15.0 Å². The van der Waals surface area contributed by atoms with Gasteiger partial charge in [-0.25, -0.2) is 4.39 Å². The number of rotatable bonds is 3. The van der Waals surface area contributed by atoms with E-state index >= 15 is 0 Å². The molecule has 0 amide bonds. The van der Waals surface area contributed by atoms with E-state index in [4.69, 9.17) is 15.0 Å². The van der Waals surface area contributed by atoms with Gasteiger partial charge in [0.25, 0.3) is 0 Å². The lowest BCUT2D eigenvalue weighted by Gasteiger charge is -2.15. The van der Waals surface area contributed by atoms with Crippen LogP contribution in [0.15, 0.2) is 22.7 Å². The summed E-state index contributed by atoms with van der Waals surface area (Å²) in [5, 5.41) is 3.82. The molecule has 0 saturated carbocycles. The predicted molar refractivity (Wildman–Crippen MR) is 67.0 cm³/mol. The molecule has 2 rings (SSSR count). The van der Waals surface area contributed by atoms with Gasteiger partial charge in [-0.2, -0.15) is 0 Å². The first-order valence-corrected chi connectivity index (χ1v) is 5.63. The summed E-state index contributed by atoms with van der Waals surface area (Å²) in [6.45, 7) is 4.01. The van der Waals surface area contributed by atoms with Crippen molar-refractivity contribution in [1.29, 1.82) is 0 Å². The second-order valence-corrected chi connectivity index (χ2v) is 4.34. The van der Waals surface area contributed by atoms with Gasteiger partial charge in [0.2, 0.25) is 5.88 Å². The molecule has 1 heterocycles. The molecule has 0 fully saturated rings. The molecular formula is C13H15FN2O2. The van der Waals surface area contributed by atoms with Crippen LogP contribution in [-0.2, 0) is 0 Å². The summed E-state index contributed by atoms with van der Waals surface area (Å²) in [7, 11) is 1.52. The van der Waals surface area contributed by atoms with Gasteiger partial charge in [-0.1, -0.05) is 19.0 Å². The zero-order chi connectivity index (χ0) is 13.3. The fraction of sp³-hybridized carbons (Fsp3) is 0.308. The summed E-state index contributed by atoms with van der Waals surface area (Å²) in [5.74, 6) is 0.478. The van der Waals surface area contributed by atoms with Crippen LogP contribution in [0, 0.1) is 5.82 Å². The van der Waals surface area contributed by atoms with Crippen molar-refractivity contribution >= 4 is 5.88 Å². The van der Waals surface area contributed by atoms with Gasteiger partial charge in [-0.15, -0.1) is 0 Å². The minimum Gasteiger partial charge on any atom is -0.496 e. The van der Waals surface area contributed by atoms with Crippen molar-refractivity contribution in [3.05, 3.63) is 29.6 Å². The van der Waals surface area contributed by atoms with Crippen molar-refractivity contribution in [3.63, 3.8) is 0 Å². The minimum absolute atomic E-state index is 0.161. The first kappa shape index (κ1) is 12.4. The summed E-state index contributed by atoms with van der Waals surface area (Å²) < 4.78 is 23.6. The zero-order valence-corrected chi connectivity index (χ0v) is 10.5. The third kappa shape index (κ3) is 2.16. The van der Waals surface area contributed by atoms with Crippen LogP contribution in [0.2, 0.25) is 0 Å². The minimum atomic E-state index is -0.382. The Balaban J connectivity index is 2.68. The van der Waals surface area contributed by atoms with Crippen LogP contribution < -0.4 is 10.5 Å². The fourth-order valence-corrected chi connectivity index (χ4v) is 1.99. The van der Waals surface area contributed by atoms with Crippen LogP contribution in [0.4, 0.5) is 10.3 Å². The van der Waals surface area contributed by atoms with Gasteiger partial charge in [-0.05, 0) is 12.0 Å². The molecule has 0 unspecified atom stereocenters. The zero-order valence-electron chi connectivity index (χ0n) is 10.5. The Hall–Kier alpha value is -2.04. The Bertz CT molecular complexity index is 564. The van der Waals surface area contributed by atoms with Crippen LogP contribution in [0.3, 0.4) is 0 Å². The molecule has 0 saturated heterocycles. The molecule has 96 valence electrons. The SMILES string of the molecule is COc1cc(F)cc(-c2cc(N)on2)c1C(C)C. The van der Waals surface area contributed by atoms with Crippen molar-refractivity contribution < 1.29 is 13.7 Å². The average Bonchev–Trinajstić information content (AvgIpc) is 2.74. The molecule has 2 aromatic rings. The van der Waals surface area contributed by atoms with Gasteiger partial charge in [0, 0.05) is 23.3 Å². The van der Waals surface area contributed by atoms with E-state index in [0.29, 0.717) is 17.0 Å². The summed E-state index contributed by atoms with van der Waals surface area (Å²) in [6, 6.07) is 4.34. The average molecular weight is 250 g/mol. The maximum atomic E-state index is 13.6. The number of methoxy groups -OCH3 is 1. The van der Waals surface area contributed by atoms with Crippen molar-refractivity contribution in [3.8, 4) is 17.0 Å². The number of ether oxygens (including phenoxy) is 1. The Morgan fingerprint density at radius 1 is 1.33 bits per heavy atom. The predicted octanol–water partition coefficient (Wildman–Crippen LogP) is 3.19. The first-order chi connectivity index (χ1) is 8.52. The molecule has 1 aromatic carbocycles. The van der Waals surface area contributed by atoms with E-state index in [1.165, 1.54) is 19.2 Å². The van der Waals surface area contributed by atoms with Crippen molar-refractivity contribution in [2.45, 2.75) is 19.8 Å². The van der Waals surface area contributed by atoms with Crippen LogP contribution in [0.25, 0.3) is 11.3 Å². The fourth-order valence-electron chi connectivity index (χ4n) is 1.99. The number of halogens is 1. The molecule has 18 heavy (non-hydrogen) atoms. The highest BCUT2D eigenvalue weighted by Gasteiger charge is 2.18. The second kappa shape index (κ2) is 4.68. The Kier molecular flexibility index (Phi) is 3.23. The molecular weight excluding hydrogens is 235 g/mol. The third-order valence-corrected chi connectivity index (χ3v) is 2.71. The van der Waals surface area contributed by atoms with Crippen LogP contribution in [0.5, 0.6) is 5.75 Å². The van der Waals surface area contributed by atoms with Crippen molar-refractivity contribution in [1.82, 2.24) is 5.16 Å². The van der Waals surface area contributed by atoms with Crippen LogP contribution in [-0.4, -0.2) is 12.3 Å². The van der Waals surface area contributed by atoms with E-state index in [2.05, 4.69) is 5.16 Å². The quantitative estimate of drug-likeness (QED) is 0.908. The molecule has 0 atom stereocenters. The molecule has 0 aliphatic rings. The summed E-state index contributed by atoms with van der Waals surface area (Å²) in [4.78, 5) is 0. The normalized spacial score (nSPS) is 10.9. The number of nitrogen functional groups attached to an aromatic ring is 1. The number of anilines is 1. The lowest BCUT2D eigenvalue weighted by atomic mass is 9.94. The number of nitrogens with two attached hydrogens (primary N) is 1. The Morgan fingerprint density at radius 2 is 2.06 bits per heavy atom. The van der Waals surface area contributed by atoms with Gasteiger partial charge in [-0.3, -0.25) is 0 Å². The van der Waals surface area contributed by atoms with E-state index in [-0.39, 0.29) is 17.6 Å². The summed E-state index contributed by atoms with van der Waals surface area (Å²) >= 11 is 0. The van der Waals surface area contributed by atoms with Crippen LogP contribution in [0.1, 0.15) is 25.3 Å². The molecule has 0 bridgehead atoms. The van der Waals surface area contributed by atoms with E-state index in [1.54, 1.807) is 6.07 Å². The molecule has 1 aromatic heterocycles. The molecule has 2 N–H and O–H groups in total. The van der Waals surface area contributed by atoms with Crippen molar-refractivity contribution in [2.75, 3.05) is 12.8 Å². The number of nitrogens with zero attached hydrogens (tertiary/aromatic N) is 1. The molecule has 5 heteroatoms. The largest absolute Gasteiger partial charge is 0.496 e. The topological polar surface area (TPSA) is 61.3 Å². The maximum Gasteiger partial charge on any atom is 0.222 e. The highest BCUT2D eigenvalue weighted by molar-refractivity contribution is 5.69. The van der Waals surface area contributed by atoms with E-state index in [9.17, 15) is 4.39 Å². The Morgan fingerprint density at radius 3 is 2.56 bits per heavy atom. The van der Waals surface area contributed by atoms with E-state index in [1.807, 2.05) is 13.8 Å². The molecule has 0 radical (unpaired) electrons. The Labute approximate surface area is 105 Å². The molecule has 4 nitrogen and oxygen atoms in total. The number of benzene rings is 1. The highest BCUT2D eigenvalue weighted by Crippen LogP contribution is 2.37. The molecule has 0 aliphatic heterocycles. The lowest BCUT2D eigenvalue weighted by Crippen LogP contribution is -1.99. The first-order valence-electron chi connectivity index (χ1n) is 5.63. The van der Waals surface area contributed by atoms with Crippen molar-refractivity contribution in [2.24, 2.45) is 0 Å². The van der Waals surface area contributed by atoms with E-state index in [0.717, 1.165) is 5.56 Å². The molecule has 0 spiro atoms. The maximum absolute atomic E-state index is 13.6. The third-order valence-electron chi connectivity index (χ3n) is 2.71. The second-order valence-electron chi connectivity index (χ2n) is 4.34. The van der Waals surface area contributed by atoms with Crippen LogP contribution >= 0.6 is 0 Å². The van der Waals surface area contributed by atoms with Gasteiger partial charge in [0.15, 0.2) is 0 Å². The summed E-state index contributed by atoms with van der Waals surface area (Å²) in [5.41, 5.74) is 7.53.